The molecule has 1 aliphatic heterocycles. The summed E-state index contributed by atoms with van der Waals surface area (Å²) in [5, 5.41) is 11.4. The van der Waals surface area contributed by atoms with Gasteiger partial charge in [-0.05, 0) is 37.2 Å². The fourth-order valence-corrected chi connectivity index (χ4v) is 2.19. The third-order valence-corrected chi connectivity index (χ3v) is 3.10. The van der Waals surface area contributed by atoms with E-state index in [1.807, 2.05) is 4.68 Å². The van der Waals surface area contributed by atoms with Gasteiger partial charge in [-0.2, -0.15) is 0 Å². The SMILES string of the molecule is Fc1ccc(-c2cnnn2C2CCNC2)cc1. The Bertz CT molecular complexity index is 499. The number of hydrogen-bond acceptors (Lipinski definition) is 3. The maximum absolute atomic E-state index is 12.9. The highest BCUT2D eigenvalue weighted by molar-refractivity contribution is 5.58. The van der Waals surface area contributed by atoms with E-state index in [2.05, 4.69) is 15.6 Å². The first-order chi connectivity index (χ1) is 8.34. The van der Waals surface area contributed by atoms with Gasteiger partial charge in [0.1, 0.15) is 5.82 Å². The lowest BCUT2D eigenvalue weighted by Gasteiger charge is -2.12. The van der Waals surface area contributed by atoms with Gasteiger partial charge in [-0.25, -0.2) is 9.07 Å². The van der Waals surface area contributed by atoms with Crippen LogP contribution in [0.1, 0.15) is 12.5 Å². The molecule has 0 spiro atoms. The lowest BCUT2D eigenvalue weighted by molar-refractivity contribution is 0.481. The molecule has 2 aromatic rings. The third kappa shape index (κ3) is 1.93. The van der Waals surface area contributed by atoms with Crippen LogP contribution in [0.15, 0.2) is 30.5 Å². The number of hydrogen-bond donors (Lipinski definition) is 1. The first kappa shape index (κ1) is 10.4. The molecule has 0 bridgehead atoms. The van der Waals surface area contributed by atoms with Crippen LogP contribution in [0.3, 0.4) is 0 Å². The Hall–Kier alpha value is -1.75. The molecule has 2 heterocycles. The summed E-state index contributed by atoms with van der Waals surface area (Å²) in [5.41, 5.74) is 1.89. The Kier molecular flexibility index (Phi) is 2.60. The van der Waals surface area contributed by atoms with Crippen LogP contribution in [-0.4, -0.2) is 28.1 Å². The lowest BCUT2D eigenvalue weighted by Crippen LogP contribution is -2.15. The number of rotatable bonds is 2. The van der Waals surface area contributed by atoms with Crippen molar-refractivity contribution in [2.45, 2.75) is 12.5 Å². The summed E-state index contributed by atoms with van der Waals surface area (Å²) >= 11 is 0. The second-order valence-corrected chi connectivity index (χ2v) is 4.22. The van der Waals surface area contributed by atoms with Crippen molar-refractivity contribution in [3.05, 3.63) is 36.3 Å². The number of benzene rings is 1. The van der Waals surface area contributed by atoms with Gasteiger partial charge in [0, 0.05) is 12.1 Å². The lowest BCUT2D eigenvalue weighted by atomic mass is 10.1. The zero-order valence-corrected chi connectivity index (χ0v) is 9.31. The second kappa shape index (κ2) is 4.25. The average Bonchev–Trinajstić information content (AvgIpc) is 3.00. The minimum Gasteiger partial charge on any atom is -0.315 e. The summed E-state index contributed by atoms with van der Waals surface area (Å²) in [6, 6.07) is 6.77. The molecule has 88 valence electrons. The third-order valence-electron chi connectivity index (χ3n) is 3.10. The van der Waals surface area contributed by atoms with Gasteiger partial charge in [0.2, 0.25) is 0 Å². The molecule has 3 rings (SSSR count). The van der Waals surface area contributed by atoms with Crippen molar-refractivity contribution in [2.75, 3.05) is 13.1 Å². The number of halogens is 1. The fourth-order valence-electron chi connectivity index (χ4n) is 2.19. The predicted octanol–water partition coefficient (Wildman–Crippen LogP) is 1.62. The van der Waals surface area contributed by atoms with Crippen molar-refractivity contribution in [3.8, 4) is 11.3 Å². The van der Waals surface area contributed by atoms with Crippen molar-refractivity contribution in [1.29, 1.82) is 0 Å². The zero-order valence-electron chi connectivity index (χ0n) is 9.31. The van der Waals surface area contributed by atoms with E-state index in [4.69, 9.17) is 0 Å². The smallest absolute Gasteiger partial charge is 0.123 e. The van der Waals surface area contributed by atoms with E-state index in [1.54, 1.807) is 18.3 Å². The molecule has 0 amide bonds. The van der Waals surface area contributed by atoms with Crippen molar-refractivity contribution in [3.63, 3.8) is 0 Å². The minimum absolute atomic E-state index is 0.227. The maximum atomic E-state index is 12.9. The van der Waals surface area contributed by atoms with Crippen molar-refractivity contribution >= 4 is 0 Å². The number of nitrogens with zero attached hydrogens (tertiary/aromatic N) is 3. The van der Waals surface area contributed by atoms with Crippen LogP contribution >= 0.6 is 0 Å². The van der Waals surface area contributed by atoms with Gasteiger partial charge in [-0.3, -0.25) is 0 Å². The molecule has 1 aromatic carbocycles. The van der Waals surface area contributed by atoms with Gasteiger partial charge < -0.3 is 5.32 Å². The molecule has 0 radical (unpaired) electrons. The summed E-state index contributed by atoms with van der Waals surface area (Å²) in [6.07, 6.45) is 2.78. The number of nitrogens with one attached hydrogen (secondary N) is 1. The van der Waals surface area contributed by atoms with Crippen LogP contribution in [0.5, 0.6) is 0 Å². The van der Waals surface area contributed by atoms with Gasteiger partial charge in [-0.1, -0.05) is 5.21 Å². The molecule has 0 saturated carbocycles. The van der Waals surface area contributed by atoms with Gasteiger partial charge in [-0.15, -0.1) is 5.10 Å². The minimum atomic E-state index is -0.227. The molecule has 1 aromatic heterocycles. The summed E-state index contributed by atoms with van der Waals surface area (Å²) in [5.74, 6) is -0.227. The molecule has 1 aliphatic rings. The summed E-state index contributed by atoms with van der Waals surface area (Å²) in [7, 11) is 0. The van der Waals surface area contributed by atoms with Crippen LogP contribution in [0.4, 0.5) is 4.39 Å². The van der Waals surface area contributed by atoms with Crippen molar-refractivity contribution in [1.82, 2.24) is 20.3 Å². The Morgan fingerprint density at radius 3 is 2.82 bits per heavy atom. The molecule has 1 atom stereocenters. The second-order valence-electron chi connectivity index (χ2n) is 4.22. The fraction of sp³-hybridized carbons (Fsp3) is 0.333. The molecule has 1 N–H and O–H groups in total. The van der Waals surface area contributed by atoms with E-state index in [1.165, 1.54) is 12.1 Å². The van der Waals surface area contributed by atoms with Crippen molar-refractivity contribution in [2.24, 2.45) is 0 Å². The van der Waals surface area contributed by atoms with Crippen LogP contribution in [0.2, 0.25) is 0 Å². The quantitative estimate of drug-likeness (QED) is 0.855. The normalized spacial score (nSPS) is 19.7. The standard InChI is InChI=1S/C12H13FN4/c13-10-3-1-9(2-4-10)12-8-15-16-17(12)11-5-6-14-7-11/h1-4,8,11,14H,5-7H2. The van der Waals surface area contributed by atoms with Gasteiger partial charge >= 0.3 is 0 Å². The molecule has 4 nitrogen and oxygen atoms in total. The van der Waals surface area contributed by atoms with Gasteiger partial charge in [0.15, 0.2) is 0 Å². The van der Waals surface area contributed by atoms with Gasteiger partial charge in [0.05, 0.1) is 17.9 Å². The first-order valence-electron chi connectivity index (χ1n) is 5.71. The van der Waals surface area contributed by atoms with E-state index in [9.17, 15) is 4.39 Å². The van der Waals surface area contributed by atoms with E-state index < -0.39 is 0 Å². The Morgan fingerprint density at radius 1 is 1.29 bits per heavy atom. The molecule has 0 aliphatic carbocycles. The molecule has 5 heteroatoms. The van der Waals surface area contributed by atoms with Crippen molar-refractivity contribution < 1.29 is 4.39 Å². The van der Waals surface area contributed by atoms with E-state index in [0.717, 1.165) is 30.8 Å². The van der Waals surface area contributed by atoms with Crippen LogP contribution in [-0.2, 0) is 0 Å². The van der Waals surface area contributed by atoms with Gasteiger partial charge in [0.25, 0.3) is 0 Å². The molecule has 1 fully saturated rings. The monoisotopic (exact) mass is 232 g/mol. The van der Waals surface area contributed by atoms with Crippen LogP contribution < -0.4 is 5.32 Å². The summed E-state index contributed by atoms with van der Waals surface area (Å²) in [6.45, 7) is 1.92. The average molecular weight is 232 g/mol. The highest BCUT2D eigenvalue weighted by Crippen LogP contribution is 2.24. The zero-order chi connectivity index (χ0) is 11.7. The Labute approximate surface area is 98.5 Å². The van der Waals surface area contributed by atoms with Crippen LogP contribution in [0, 0.1) is 5.82 Å². The predicted molar refractivity (Wildman–Crippen MR) is 61.9 cm³/mol. The van der Waals surface area contributed by atoms with Crippen LogP contribution in [0.25, 0.3) is 11.3 Å². The van der Waals surface area contributed by atoms with E-state index in [0.29, 0.717) is 6.04 Å². The molecule has 1 unspecified atom stereocenters. The topological polar surface area (TPSA) is 42.7 Å². The highest BCUT2D eigenvalue weighted by Gasteiger charge is 2.20. The summed E-state index contributed by atoms with van der Waals surface area (Å²) in [4.78, 5) is 0. The summed E-state index contributed by atoms with van der Waals surface area (Å²) < 4.78 is 14.8. The maximum Gasteiger partial charge on any atom is 0.123 e. The first-order valence-corrected chi connectivity index (χ1v) is 5.71. The van der Waals surface area contributed by atoms with E-state index in [-0.39, 0.29) is 5.82 Å². The Balaban J connectivity index is 1.97. The molecule has 1 saturated heterocycles. The Morgan fingerprint density at radius 2 is 2.12 bits per heavy atom. The molecular formula is C12H13FN4. The van der Waals surface area contributed by atoms with E-state index >= 15 is 0 Å². The largest absolute Gasteiger partial charge is 0.315 e. The highest BCUT2D eigenvalue weighted by atomic mass is 19.1. The number of aromatic nitrogens is 3. The molecular weight excluding hydrogens is 219 g/mol. The molecule has 17 heavy (non-hydrogen) atoms.